The average molecular weight is 532 g/mol. The quantitative estimate of drug-likeness (QED) is 0.331. The van der Waals surface area contributed by atoms with Crippen molar-refractivity contribution in [3.05, 3.63) is 23.8 Å². The molecule has 1 aromatic carbocycles. The van der Waals surface area contributed by atoms with Crippen LogP contribution in [0.1, 0.15) is 24.8 Å². The van der Waals surface area contributed by atoms with Gasteiger partial charge in [-0.3, -0.25) is 9.89 Å². The smallest absolute Gasteiger partial charge is 0.193 e. The topological polar surface area (TPSA) is 58.6 Å². The van der Waals surface area contributed by atoms with Gasteiger partial charge in [-0.2, -0.15) is 0 Å². The lowest BCUT2D eigenvalue weighted by Crippen LogP contribution is -2.44. The number of methoxy groups -OCH3 is 2. The lowest BCUT2D eigenvalue weighted by Gasteiger charge is -2.30. The normalized spacial score (nSPS) is 21.1. The van der Waals surface area contributed by atoms with Crippen molar-refractivity contribution in [3.63, 3.8) is 0 Å². The molecule has 0 radical (unpaired) electrons. The number of hydrogen-bond donors (Lipinski definition) is 1. The number of guanidine groups is 1. The highest BCUT2D eigenvalue weighted by molar-refractivity contribution is 14.0. The first-order valence-electron chi connectivity index (χ1n) is 10.6. The number of halogens is 1. The highest BCUT2D eigenvalue weighted by atomic mass is 127. The minimum atomic E-state index is 0. The van der Waals surface area contributed by atoms with Crippen LogP contribution in [-0.4, -0.2) is 89.5 Å². The lowest BCUT2D eigenvalue weighted by molar-refractivity contribution is 0.0320. The summed E-state index contributed by atoms with van der Waals surface area (Å²) < 4.78 is 16.3. The number of ether oxygens (including phenoxy) is 3. The van der Waals surface area contributed by atoms with E-state index in [4.69, 9.17) is 14.2 Å². The summed E-state index contributed by atoms with van der Waals surface area (Å²) in [6.45, 7) is 10.1. The van der Waals surface area contributed by atoms with Crippen molar-refractivity contribution in [3.8, 4) is 11.5 Å². The molecular formula is C22H37IN4O3. The summed E-state index contributed by atoms with van der Waals surface area (Å²) in [4.78, 5) is 9.38. The Morgan fingerprint density at radius 3 is 2.43 bits per heavy atom. The molecular weight excluding hydrogens is 495 g/mol. The van der Waals surface area contributed by atoms with Gasteiger partial charge in [0.1, 0.15) is 11.5 Å². The Hall–Kier alpha value is -1.26. The molecule has 0 bridgehead atoms. The van der Waals surface area contributed by atoms with E-state index < -0.39 is 0 Å². The molecule has 0 aliphatic carbocycles. The lowest BCUT2D eigenvalue weighted by atomic mass is 9.98. The monoisotopic (exact) mass is 532 g/mol. The van der Waals surface area contributed by atoms with E-state index in [-0.39, 0.29) is 24.0 Å². The maximum absolute atomic E-state index is 5.44. The van der Waals surface area contributed by atoms with Crippen molar-refractivity contribution in [2.75, 3.05) is 73.7 Å². The van der Waals surface area contributed by atoms with Gasteiger partial charge in [0.2, 0.25) is 0 Å². The Bertz CT molecular complexity index is 660. The van der Waals surface area contributed by atoms with Gasteiger partial charge in [0.15, 0.2) is 5.96 Å². The SMILES string of the molecule is CN=C(NCC(C)CN1CCOCC1)N1CCC(c2cc(OC)cc(OC)c2)C1.I. The third-order valence-corrected chi connectivity index (χ3v) is 5.83. The fraction of sp³-hybridized carbons (Fsp3) is 0.682. The molecule has 30 heavy (non-hydrogen) atoms. The zero-order valence-corrected chi connectivity index (χ0v) is 21.1. The zero-order chi connectivity index (χ0) is 20.6. The second kappa shape index (κ2) is 12.6. The standard InChI is InChI=1S/C22H36N4O3.HI/c1-17(15-25-7-9-29-10-8-25)14-24-22(23-2)26-6-5-18(16-26)19-11-20(27-3)13-21(12-19)28-4;/h11-13,17-18H,5-10,14-16H2,1-4H3,(H,23,24);1H. The van der Waals surface area contributed by atoms with E-state index in [9.17, 15) is 0 Å². The summed E-state index contributed by atoms with van der Waals surface area (Å²) >= 11 is 0. The second-order valence-corrected chi connectivity index (χ2v) is 8.02. The largest absolute Gasteiger partial charge is 0.497 e. The molecule has 1 aromatic rings. The fourth-order valence-electron chi connectivity index (χ4n) is 4.18. The Kier molecular flexibility index (Phi) is 10.5. The minimum Gasteiger partial charge on any atom is -0.497 e. The van der Waals surface area contributed by atoms with Gasteiger partial charge in [-0.05, 0) is 30.0 Å². The molecule has 2 aliphatic rings. The minimum absolute atomic E-state index is 0. The first-order valence-corrected chi connectivity index (χ1v) is 10.6. The number of rotatable bonds is 7. The Morgan fingerprint density at radius 1 is 1.17 bits per heavy atom. The molecule has 0 aromatic heterocycles. The van der Waals surface area contributed by atoms with Gasteiger partial charge in [0.25, 0.3) is 0 Å². The third kappa shape index (κ3) is 6.88. The maximum Gasteiger partial charge on any atom is 0.193 e. The number of aliphatic imine (C=N–C) groups is 1. The number of nitrogens with one attached hydrogen (secondary N) is 1. The molecule has 2 unspecified atom stereocenters. The third-order valence-electron chi connectivity index (χ3n) is 5.83. The van der Waals surface area contributed by atoms with Gasteiger partial charge in [-0.25, -0.2) is 0 Å². The van der Waals surface area contributed by atoms with Crippen LogP contribution in [0.2, 0.25) is 0 Å². The van der Waals surface area contributed by atoms with Crippen molar-refractivity contribution in [1.82, 2.24) is 15.1 Å². The Morgan fingerprint density at radius 2 is 1.83 bits per heavy atom. The summed E-state index contributed by atoms with van der Waals surface area (Å²) in [5, 5.41) is 3.59. The van der Waals surface area contributed by atoms with Crippen LogP contribution in [0.3, 0.4) is 0 Å². The van der Waals surface area contributed by atoms with E-state index in [0.717, 1.165) is 76.4 Å². The van der Waals surface area contributed by atoms with Crippen molar-refractivity contribution in [1.29, 1.82) is 0 Å². The van der Waals surface area contributed by atoms with E-state index in [0.29, 0.717) is 11.8 Å². The van der Waals surface area contributed by atoms with Gasteiger partial charge in [0.05, 0.1) is 27.4 Å². The van der Waals surface area contributed by atoms with E-state index in [1.807, 2.05) is 13.1 Å². The molecule has 2 atom stereocenters. The molecule has 0 saturated carbocycles. The first kappa shape index (κ1) is 25.0. The van der Waals surface area contributed by atoms with Crippen LogP contribution >= 0.6 is 24.0 Å². The van der Waals surface area contributed by atoms with Gasteiger partial charge < -0.3 is 24.4 Å². The highest BCUT2D eigenvalue weighted by Crippen LogP contribution is 2.32. The molecule has 1 N–H and O–H groups in total. The zero-order valence-electron chi connectivity index (χ0n) is 18.7. The summed E-state index contributed by atoms with van der Waals surface area (Å²) in [6.07, 6.45) is 1.10. The van der Waals surface area contributed by atoms with E-state index >= 15 is 0 Å². The molecule has 7 nitrogen and oxygen atoms in total. The number of hydrogen-bond acceptors (Lipinski definition) is 5. The van der Waals surface area contributed by atoms with Gasteiger partial charge >= 0.3 is 0 Å². The van der Waals surface area contributed by atoms with Crippen molar-refractivity contribution >= 4 is 29.9 Å². The van der Waals surface area contributed by atoms with E-state index in [1.165, 1.54) is 5.56 Å². The van der Waals surface area contributed by atoms with Gasteiger partial charge in [-0.1, -0.05) is 6.92 Å². The first-order chi connectivity index (χ1) is 14.1. The summed E-state index contributed by atoms with van der Waals surface area (Å²) in [6, 6.07) is 6.17. The maximum atomic E-state index is 5.44. The second-order valence-electron chi connectivity index (χ2n) is 8.02. The van der Waals surface area contributed by atoms with Crippen LogP contribution in [-0.2, 0) is 4.74 Å². The van der Waals surface area contributed by atoms with Gasteiger partial charge in [0, 0.05) is 58.3 Å². The molecule has 0 spiro atoms. The van der Waals surface area contributed by atoms with Crippen LogP contribution in [0, 0.1) is 5.92 Å². The predicted octanol–water partition coefficient (Wildman–Crippen LogP) is 2.65. The van der Waals surface area contributed by atoms with Crippen molar-refractivity contribution in [2.45, 2.75) is 19.3 Å². The number of likely N-dealkylation sites (tertiary alicyclic amines) is 1. The molecule has 8 heteroatoms. The number of morpholine rings is 1. The average Bonchev–Trinajstić information content (AvgIpc) is 3.24. The molecule has 2 saturated heterocycles. The Labute approximate surface area is 198 Å². The van der Waals surface area contributed by atoms with Crippen LogP contribution in [0.15, 0.2) is 23.2 Å². The van der Waals surface area contributed by atoms with Crippen LogP contribution < -0.4 is 14.8 Å². The summed E-state index contributed by atoms with van der Waals surface area (Å²) in [5.41, 5.74) is 1.26. The molecule has 3 rings (SSSR count). The molecule has 2 heterocycles. The van der Waals surface area contributed by atoms with Crippen LogP contribution in [0.4, 0.5) is 0 Å². The fourth-order valence-corrected chi connectivity index (χ4v) is 4.18. The van der Waals surface area contributed by atoms with Crippen LogP contribution in [0.25, 0.3) is 0 Å². The van der Waals surface area contributed by atoms with E-state index in [1.54, 1.807) is 14.2 Å². The molecule has 0 amide bonds. The number of benzene rings is 1. The number of nitrogens with zero attached hydrogens (tertiary/aromatic N) is 3. The predicted molar refractivity (Wildman–Crippen MR) is 132 cm³/mol. The molecule has 2 fully saturated rings. The Balaban J connectivity index is 0.00000320. The van der Waals surface area contributed by atoms with Crippen LogP contribution in [0.5, 0.6) is 11.5 Å². The van der Waals surface area contributed by atoms with E-state index in [2.05, 4.69) is 39.2 Å². The van der Waals surface area contributed by atoms with Crippen molar-refractivity contribution in [2.24, 2.45) is 10.9 Å². The summed E-state index contributed by atoms with van der Waals surface area (Å²) in [7, 11) is 5.27. The summed E-state index contributed by atoms with van der Waals surface area (Å²) in [5.74, 6) is 3.69. The molecule has 170 valence electrons. The highest BCUT2D eigenvalue weighted by Gasteiger charge is 2.27. The van der Waals surface area contributed by atoms with Crippen molar-refractivity contribution < 1.29 is 14.2 Å². The molecule has 2 aliphatic heterocycles. The van der Waals surface area contributed by atoms with Gasteiger partial charge in [-0.15, -0.1) is 24.0 Å².